The first-order chi connectivity index (χ1) is 10.5. The lowest BCUT2D eigenvalue weighted by Gasteiger charge is -2.06. The van der Waals surface area contributed by atoms with Crippen LogP contribution in [0.4, 0.5) is 10.1 Å². The van der Waals surface area contributed by atoms with Crippen molar-refractivity contribution in [3.8, 4) is 0 Å². The molecule has 5 heteroatoms. The topological polar surface area (TPSA) is 46.2 Å². The summed E-state index contributed by atoms with van der Waals surface area (Å²) < 4.78 is 12.8. The van der Waals surface area contributed by atoms with Crippen LogP contribution in [0, 0.1) is 5.82 Å². The number of amides is 1. The lowest BCUT2D eigenvalue weighted by atomic mass is 9.99. The summed E-state index contributed by atoms with van der Waals surface area (Å²) in [6.07, 6.45) is 0. The molecular weight excluding hydrogens is 301 g/mol. The maximum absolute atomic E-state index is 12.8. The molecule has 0 fully saturated rings. The molecule has 2 aromatic rings. The van der Waals surface area contributed by atoms with Gasteiger partial charge in [-0.05, 0) is 55.0 Å². The van der Waals surface area contributed by atoms with Gasteiger partial charge in [-0.15, -0.1) is 11.8 Å². The van der Waals surface area contributed by atoms with Crippen LogP contribution in [0.2, 0.25) is 0 Å². The Labute approximate surface area is 131 Å². The quantitative estimate of drug-likeness (QED) is 0.688. The van der Waals surface area contributed by atoms with Gasteiger partial charge in [0.05, 0.1) is 11.7 Å². The van der Waals surface area contributed by atoms with E-state index in [0.717, 1.165) is 16.1 Å². The number of carbonyl (C=O) groups excluding carboxylic acids is 2. The molecular formula is C17H14FNO2S. The van der Waals surface area contributed by atoms with E-state index in [-0.39, 0.29) is 29.2 Å². The number of carbonyl (C=O) groups is 2. The van der Waals surface area contributed by atoms with Crippen molar-refractivity contribution in [2.75, 3.05) is 11.1 Å². The molecule has 3 rings (SSSR count). The molecule has 1 aliphatic heterocycles. The highest BCUT2D eigenvalue weighted by Gasteiger charge is 2.27. The summed E-state index contributed by atoms with van der Waals surface area (Å²) >= 11 is 1.37. The zero-order chi connectivity index (χ0) is 15.7. The molecule has 112 valence electrons. The highest BCUT2D eigenvalue weighted by Crippen LogP contribution is 2.33. The van der Waals surface area contributed by atoms with Crippen LogP contribution in [0.3, 0.4) is 0 Å². The number of ketones is 1. The molecule has 0 saturated carbocycles. The van der Waals surface area contributed by atoms with Gasteiger partial charge in [0.2, 0.25) is 5.91 Å². The minimum absolute atomic E-state index is 0.0105. The molecule has 1 atom stereocenters. The normalized spacial score (nSPS) is 16.3. The second-order valence-corrected chi connectivity index (χ2v) is 6.23. The number of fused-ring (bicyclic) bond motifs is 1. The molecule has 1 heterocycles. The maximum Gasteiger partial charge on any atom is 0.231 e. The molecule has 1 N–H and O–H groups in total. The smallest absolute Gasteiger partial charge is 0.231 e. The van der Waals surface area contributed by atoms with Crippen LogP contribution >= 0.6 is 11.8 Å². The average Bonchev–Trinajstić information content (AvgIpc) is 2.81. The van der Waals surface area contributed by atoms with Gasteiger partial charge in [-0.3, -0.25) is 9.59 Å². The van der Waals surface area contributed by atoms with Crippen LogP contribution in [0.5, 0.6) is 0 Å². The molecule has 1 amide bonds. The predicted molar refractivity (Wildman–Crippen MR) is 84.9 cm³/mol. The third-order valence-electron chi connectivity index (χ3n) is 3.67. The molecule has 22 heavy (non-hydrogen) atoms. The van der Waals surface area contributed by atoms with E-state index in [2.05, 4.69) is 5.32 Å². The van der Waals surface area contributed by atoms with Gasteiger partial charge in [-0.1, -0.05) is 0 Å². The SMILES string of the molecule is C[C@H]1C(=O)Nc2ccc(C(=O)CSc3ccc(F)cc3)cc21. The average molecular weight is 315 g/mol. The first-order valence-electron chi connectivity index (χ1n) is 6.91. The van der Waals surface area contributed by atoms with Crippen molar-refractivity contribution in [3.05, 3.63) is 59.4 Å². The molecule has 0 aromatic heterocycles. The summed E-state index contributed by atoms with van der Waals surface area (Å²) in [4.78, 5) is 24.7. The van der Waals surface area contributed by atoms with Gasteiger partial charge in [-0.2, -0.15) is 0 Å². The minimum atomic E-state index is -0.291. The molecule has 0 unspecified atom stereocenters. The monoisotopic (exact) mass is 315 g/mol. The number of Topliss-reactive ketones (excluding diaryl/α,β-unsaturated/α-hetero) is 1. The largest absolute Gasteiger partial charge is 0.325 e. The van der Waals surface area contributed by atoms with Gasteiger partial charge in [0, 0.05) is 16.1 Å². The van der Waals surface area contributed by atoms with Crippen molar-refractivity contribution in [2.24, 2.45) is 0 Å². The fourth-order valence-corrected chi connectivity index (χ4v) is 3.15. The highest BCUT2D eigenvalue weighted by atomic mass is 32.2. The van der Waals surface area contributed by atoms with Gasteiger partial charge in [0.15, 0.2) is 5.78 Å². The molecule has 2 aromatic carbocycles. The second kappa shape index (κ2) is 5.93. The van der Waals surface area contributed by atoms with Gasteiger partial charge in [0.25, 0.3) is 0 Å². The summed E-state index contributed by atoms with van der Waals surface area (Å²) in [6.45, 7) is 1.82. The van der Waals surface area contributed by atoms with Crippen LogP contribution in [0.1, 0.15) is 28.8 Å². The molecule has 0 bridgehead atoms. The number of hydrogen-bond donors (Lipinski definition) is 1. The summed E-state index contributed by atoms with van der Waals surface area (Å²) in [5.74, 6) is -0.294. The van der Waals surface area contributed by atoms with Crippen molar-refractivity contribution in [3.63, 3.8) is 0 Å². The summed E-state index contributed by atoms with van der Waals surface area (Å²) in [6, 6.07) is 11.3. The first kappa shape index (κ1) is 14.8. The Kier molecular flexibility index (Phi) is 3.98. The number of halogens is 1. The summed E-state index contributed by atoms with van der Waals surface area (Å²) in [7, 11) is 0. The third-order valence-corrected chi connectivity index (χ3v) is 4.69. The number of thioether (sulfide) groups is 1. The van der Waals surface area contributed by atoms with E-state index < -0.39 is 0 Å². The van der Waals surface area contributed by atoms with E-state index in [0.29, 0.717) is 5.56 Å². The van der Waals surface area contributed by atoms with Gasteiger partial charge in [0.1, 0.15) is 5.82 Å². The summed E-state index contributed by atoms with van der Waals surface area (Å²) in [5, 5.41) is 2.79. The maximum atomic E-state index is 12.8. The van der Waals surface area contributed by atoms with E-state index in [1.165, 1.54) is 23.9 Å². The number of anilines is 1. The number of benzene rings is 2. The van der Waals surface area contributed by atoms with Gasteiger partial charge in [-0.25, -0.2) is 4.39 Å². The zero-order valence-electron chi connectivity index (χ0n) is 11.9. The van der Waals surface area contributed by atoms with Crippen LogP contribution in [-0.2, 0) is 4.79 Å². The fourth-order valence-electron chi connectivity index (χ4n) is 2.35. The van der Waals surface area contributed by atoms with Crippen LogP contribution in [0.25, 0.3) is 0 Å². The predicted octanol–water partition coefficient (Wildman–Crippen LogP) is 3.86. The lowest BCUT2D eigenvalue weighted by molar-refractivity contribution is -0.116. The standard InChI is InChI=1S/C17H14FNO2S/c1-10-14-8-11(2-7-15(14)19-17(10)21)16(20)9-22-13-5-3-12(18)4-6-13/h2-8,10H,9H2,1H3,(H,19,21)/t10-/m1/s1. The van der Waals surface area contributed by atoms with Crippen LogP contribution in [0.15, 0.2) is 47.4 Å². The van der Waals surface area contributed by atoms with Crippen molar-refractivity contribution in [2.45, 2.75) is 17.7 Å². The Bertz CT molecular complexity index is 743. The molecule has 3 nitrogen and oxygen atoms in total. The van der Waals surface area contributed by atoms with Crippen molar-refractivity contribution < 1.29 is 14.0 Å². The summed E-state index contributed by atoms with van der Waals surface area (Å²) in [5.41, 5.74) is 2.24. The van der Waals surface area contributed by atoms with Gasteiger partial charge >= 0.3 is 0 Å². The Balaban J connectivity index is 1.71. The van der Waals surface area contributed by atoms with E-state index >= 15 is 0 Å². The Morgan fingerprint density at radius 1 is 1.23 bits per heavy atom. The highest BCUT2D eigenvalue weighted by molar-refractivity contribution is 8.00. The second-order valence-electron chi connectivity index (χ2n) is 5.18. The Hall–Kier alpha value is -2.14. The van der Waals surface area contributed by atoms with Gasteiger partial charge < -0.3 is 5.32 Å². The van der Waals surface area contributed by atoms with E-state index in [4.69, 9.17) is 0 Å². The fraction of sp³-hybridized carbons (Fsp3) is 0.176. The number of nitrogens with one attached hydrogen (secondary N) is 1. The molecule has 0 aliphatic carbocycles. The molecule has 1 aliphatic rings. The lowest BCUT2D eigenvalue weighted by Crippen LogP contribution is -2.08. The van der Waals surface area contributed by atoms with Crippen molar-refractivity contribution in [1.29, 1.82) is 0 Å². The Morgan fingerprint density at radius 2 is 1.95 bits per heavy atom. The molecule has 0 saturated heterocycles. The first-order valence-corrected chi connectivity index (χ1v) is 7.89. The number of hydrogen-bond acceptors (Lipinski definition) is 3. The van der Waals surface area contributed by atoms with Crippen molar-refractivity contribution in [1.82, 2.24) is 0 Å². The molecule has 0 radical (unpaired) electrons. The van der Waals surface area contributed by atoms with Crippen LogP contribution in [-0.4, -0.2) is 17.4 Å². The minimum Gasteiger partial charge on any atom is -0.325 e. The zero-order valence-corrected chi connectivity index (χ0v) is 12.7. The van der Waals surface area contributed by atoms with Crippen molar-refractivity contribution >= 4 is 29.1 Å². The van der Waals surface area contributed by atoms with E-state index in [9.17, 15) is 14.0 Å². The Morgan fingerprint density at radius 3 is 2.68 bits per heavy atom. The third kappa shape index (κ3) is 2.90. The van der Waals surface area contributed by atoms with Crippen LogP contribution < -0.4 is 5.32 Å². The number of rotatable bonds is 4. The van der Waals surface area contributed by atoms with E-state index in [1.807, 2.05) is 6.92 Å². The molecule has 0 spiro atoms. The van der Waals surface area contributed by atoms with E-state index in [1.54, 1.807) is 30.3 Å².